The molecule has 0 spiro atoms. The number of nitrogens with two attached hydrogens (primary N) is 1. The number of rotatable bonds is 6. The van der Waals surface area contributed by atoms with E-state index in [4.69, 9.17) is 5.73 Å². The topological polar surface area (TPSA) is 83.6 Å². The molecule has 140 valence electrons. The van der Waals surface area contributed by atoms with Crippen LogP contribution < -0.4 is 5.73 Å². The molecular formula is C20H26N2O3S. The first-order chi connectivity index (χ1) is 12.2. The summed E-state index contributed by atoms with van der Waals surface area (Å²) >= 11 is 1.45. The maximum atomic E-state index is 11.6. The molecule has 1 aliphatic heterocycles. The molecule has 5 nitrogen and oxygen atoms in total. The molecule has 2 rings (SSSR count). The van der Waals surface area contributed by atoms with Gasteiger partial charge in [0.15, 0.2) is 0 Å². The van der Waals surface area contributed by atoms with Crippen LogP contribution in [-0.4, -0.2) is 34.8 Å². The van der Waals surface area contributed by atoms with E-state index in [0.717, 1.165) is 27.9 Å². The van der Waals surface area contributed by atoms with Crippen molar-refractivity contribution < 1.29 is 14.7 Å². The molecule has 0 radical (unpaired) electrons. The van der Waals surface area contributed by atoms with E-state index in [-0.39, 0.29) is 18.4 Å². The van der Waals surface area contributed by atoms with Crippen molar-refractivity contribution in [3.8, 4) is 5.75 Å². The second-order valence-electron chi connectivity index (χ2n) is 7.03. The normalized spacial score (nSPS) is 18.8. The third-order valence-corrected chi connectivity index (χ3v) is 5.21. The van der Waals surface area contributed by atoms with E-state index in [0.29, 0.717) is 5.75 Å². The highest BCUT2D eigenvalue weighted by Crippen LogP contribution is 2.37. The highest BCUT2D eigenvalue weighted by Gasteiger charge is 2.24. The minimum atomic E-state index is -0.545. The van der Waals surface area contributed by atoms with Crippen LogP contribution in [0.15, 0.2) is 28.6 Å². The third-order valence-electron chi connectivity index (χ3n) is 4.32. The first-order valence-electron chi connectivity index (χ1n) is 8.65. The lowest BCUT2D eigenvalue weighted by molar-refractivity contribution is -0.119. The molecule has 0 aromatic heterocycles. The van der Waals surface area contributed by atoms with E-state index in [9.17, 15) is 14.7 Å². The Labute approximate surface area is 158 Å². The van der Waals surface area contributed by atoms with Crippen LogP contribution in [0.4, 0.5) is 0 Å². The second kappa shape index (κ2) is 8.45. The van der Waals surface area contributed by atoms with E-state index in [1.807, 2.05) is 51.3 Å². The molecule has 6 heteroatoms. The second-order valence-corrected chi connectivity index (χ2v) is 8.01. The van der Waals surface area contributed by atoms with Gasteiger partial charge in [0.1, 0.15) is 18.1 Å². The number of primary amides is 1. The quantitative estimate of drug-likeness (QED) is 0.744. The summed E-state index contributed by atoms with van der Waals surface area (Å²) in [5.41, 5.74) is 7.98. The number of carbonyl (C=O) groups is 2. The molecule has 1 unspecified atom stereocenters. The van der Waals surface area contributed by atoms with Gasteiger partial charge in [0.2, 0.25) is 5.91 Å². The van der Waals surface area contributed by atoms with Gasteiger partial charge in [0.05, 0.1) is 6.54 Å². The number of thioether (sulfide) groups is 1. The van der Waals surface area contributed by atoms with Gasteiger partial charge in [-0.3, -0.25) is 4.79 Å². The number of phenols is 1. The van der Waals surface area contributed by atoms with Crippen LogP contribution in [0.1, 0.15) is 56.2 Å². The monoisotopic (exact) mass is 374 g/mol. The molecule has 1 heterocycles. The van der Waals surface area contributed by atoms with E-state index >= 15 is 0 Å². The predicted octanol–water partition coefficient (Wildman–Crippen LogP) is 3.55. The van der Waals surface area contributed by atoms with E-state index < -0.39 is 11.9 Å². The van der Waals surface area contributed by atoms with E-state index in [1.165, 1.54) is 11.8 Å². The molecule has 1 aromatic carbocycles. The van der Waals surface area contributed by atoms with Gasteiger partial charge in [-0.25, -0.2) is 0 Å². The number of aromatic hydroxyl groups is 1. The summed E-state index contributed by atoms with van der Waals surface area (Å²) in [5, 5.41) is 12.4. The minimum Gasteiger partial charge on any atom is -0.507 e. The molecule has 0 aliphatic carbocycles. The van der Waals surface area contributed by atoms with Gasteiger partial charge >= 0.3 is 0 Å². The summed E-state index contributed by atoms with van der Waals surface area (Å²) in [6, 6.07) is 3.37. The van der Waals surface area contributed by atoms with Crippen molar-refractivity contribution >= 4 is 30.0 Å². The van der Waals surface area contributed by atoms with Gasteiger partial charge in [-0.15, -0.1) is 0 Å². The van der Waals surface area contributed by atoms with Crippen LogP contribution >= 0.6 is 11.8 Å². The maximum absolute atomic E-state index is 11.6. The number of nitrogens with zero attached hydrogens (tertiary/aromatic N) is 1. The van der Waals surface area contributed by atoms with Crippen LogP contribution in [0.25, 0.3) is 6.08 Å². The van der Waals surface area contributed by atoms with Crippen LogP contribution in [0.5, 0.6) is 5.75 Å². The Hall–Kier alpha value is -2.21. The molecule has 0 saturated heterocycles. The Bertz CT molecular complexity index is 724. The van der Waals surface area contributed by atoms with Crippen LogP contribution in [0.2, 0.25) is 0 Å². The molecule has 0 saturated carbocycles. The SMILES string of the molecule is CC(C)c1cc(C=C2SC=CN(CC(N)=O)C2C=O)cc(C(C)C)c1O. The molecule has 1 atom stereocenters. The van der Waals surface area contributed by atoms with Gasteiger partial charge < -0.3 is 20.5 Å². The van der Waals surface area contributed by atoms with Crippen molar-refractivity contribution in [1.29, 1.82) is 0 Å². The molecular weight excluding hydrogens is 348 g/mol. The highest BCUT2D eigenvalue weighted by atomic mass is 32.2. The Kier molecular flexibility index (Phi) is 6.53. The molecule has 0 fully saturated rings. The third kappa shape index (κ3) is 4.49. The summed E-state index contributed by atoms with van der Waals surface area (Å²) in [6.45, 7) is 8.14. The van der Waals surface area contributed by atoms with E-state index in [2.05, 4.69) is 0 Å². The lowest BCUT2D eigenvalue weighted by atomic mass is 9.91. The number of phenolic OH excluding ortho intramolecular Hbond substituents is 1. The van der Waals surface area contributed by atoms with Crippen molar-refractivity contribution in [2.45, 2.75) is 45.6 Å². The Morgan fingerprint density at radius 1 is 1.27 bits per heavy atom. The summed E-state index contributed by atoms with van der Waals surface area (Å²) in [4.78, 5) is 25.3. The number of benzene rings is 1. The van der Waals surface area contributed by atoms with Gasteiger partial charge in [-0.2, -0.15) is 0 Å². The van der Waals surface area contributed by atoms with Crippen molar-refractivity contribution in [2.75, 3.05) is 6.54 Å². The number of hydrogen-bond acceptors (Lipinski definition) is 5. The zero-order valence-corrected chi connectivity index (χ0v) is 16.4. The Balaban J connectivity index is 2.49. The summed E-state index contributed by atoms with van der Waals surface area (Å²) in [6.07, 6.45) is 4.47. The fraction of sp³-hybridized carbons (Fsp3) is 0.400. The zero-order chi connectivity index (χ0) is 19.4. The Morgan fingerprint density at radius 2 is 1.85 bits per heavy atom. The fourth-order valence-corrected chi connectivity index (χ4v) is 3.85. The predicted molar refractivity (Wildman–Crippen MR) is 107 cm³/mol. The molecule has 1 aromatic rings. The zero-order valence-electron chi connectivity index (χ0n) is 15.6. The Morgan fingerprint density at radius 3 is 2.31 bits per heavy atom. The van der Waals surface area contributed by atoms with Crippen LogP contribution in [0.3, 0.4) is 0 Å². The van der Waals surface area contributed by atoms with Gasteiger partial charge in [-0.05, 0) is 52.1 Å². The number of hydrogen-bond donors (Lipinski definition) is 2. The lowest BCUT2D eigenvalue weighted by Gasteiger charge is -2.30. The van der Waals surface area contributed by atoms with Crippen LogP contribution in [-0.2, 0) is 9.59 Å². The molecule has 3 N–H and O–H groups in total. The van der Waals surface area contributed by atoms with Crippen molar-refractivity contribution in [1.82, 2.24) is 4.90 Å². The maximum Gasteiger partial charge on any atom is 0.236 e. The minimum absolute atomic E-state index is 0.0120. The number of amides is 1. The van der Waals surface area contributed by atoms with Crippen molar-refractivity contribution in [2.24, 2.45) is 5.73 Å². The van der Waals surface area contributed by atoms with E-state index in [1.54, 1.807) is 11.1 Å². The average molecular weight is 375 g/mol. The van der Waals surface area contributed by atoms with Gasteiger partial charge in [0.25, 0.3) is 0 Å². The summed E-state index contributed by atoms with van der Waals surface area (Å²) in [5.74, 6) is 0.216. The smallest absolute Gasteiger partial charge is 0.236 e. The number of aldehydes is 1. The summed E-state index contributed by atoms with van der Waals surface area (Å²) < 4.78 is 0. The fourth-order valence-electron chi connectivity index (χ4n) is 2.94. The summed E-state index contributed by atoms with van der Waals surface area (Å²) in [7, 11) is 0. The van der Waals surface area contributed by atoms with Gasteiger partial charge in [0, 0.05) is 11.1 Å². The van der Waals surface area contributed by atoms with Crippen molar-refractivity contribution in [3.05, 3.63) is 45.3 Å². The molecule has 0 bridgehead atoms. The van der Waals surface area contributed by atoms with Crippen molar-refractivity contribution in [3.63, 3.8) is 0 Å². The molecule has 1 amide bonds. The standard InChI is InChI=1S/C20H26N2O3S/c1-12(2)15-7-14(8-16(13(3)4)20(15)25)9-18-17(11-23)22(5-6-26-18)10-19(21)24/h5-9,11-13,17,25H,10H2,1-4H3,(H2,21,24). The number of carbonyl (C=O) groups excluding carboxylic acids is 2. The molecule has 1 aliphatic rings. The lowest BCUT2D eigenvalue weighted by Crippen LogP contribution is -2.40. The first kappa shape index (κ1) is 20.1. The highest BCUT2D eigenvalue weighted by molar-refractivity contribution is 8.06. The average Bonchev–Trinajstić information content (AvgIpc) is 2.55. The van der Waals surface area contributed by atoms with Crippen LogP contribution in [0, 0.1) is 0 Å². The van der Waals surface area contributed by atoms with Gasteiger partial charge in [-0.1, -0.05) is 39.5 Å². The molecule has 26 heavy (non-hydrogen) atoms. The largest absolute Gasteiger partial charge is 0.507 e. The first-order valence-corrected chi connectivity index (χ1v) is 9.53.